The fourth-order valence-electron chi connectivity index (χ4n) is 1.35. The number of aryl methyl sites for hydroxylation is 1. The SMILES string of the molecule is CCCc1cc(Cl)n(-c2ccncn2)n1. The fourth-order valence-corrected chi connectivity index (χ4v) is 1.60. The molecule has 2 aromatic rings. The van der Waals surface area contributed by atoms with E-state index >= 15 is 0 Å². The van der Waals surface area contributed by atoms with Crippen molar-refractivity contribution in [2.45, 2.75) is 19.8 Å². The smallest absolute Gasteiger partial charge is 0.158 e. The highest BCUT2D eigenvalue weighted by molar-refractivity contribution is 6.29. The van der Waals surface area contributed by atoms with Crippen LogP contribution in [-0.4, -0.2) is 19.7 Å². The monoisotopic (exact) mass is 222 g/mol. The Hall–Kier alpha value is -1.42. The van der Waals surface area contributed by atoms with Gasteiger partial charge >= 0.3 is 0 Å². The first-order valence-corrected chi connectivity index (χ1v) is 5.20. The van der Waals surface area contributed by atoms with Crippen molar-refractivity contribution in [2.75, 3.05) is 0 Å². The first-order valence-electron chi connectivity index (χ1n) is 4.82. The van der Waals surface area contributed by atoms with Crippen LogP contribution in [-0.2, 0) is 6.42 Å². The molecule has 4 nitrogen and oxygen atoms in total. The molecule has 0 bridgehead atoms. The predicted octanol–water partition coefficient (Wildman–Crippen LogP) is 2.27. The maximum absolute atomic E-state index is 6.06. The van der Waals surface area contributed by atoms with Gasteiger partial charge in [-0.15, -0.1) is 0 Å². The molecule has 0 saturated heterocycles. The van der Waals surface area contributed by atoms with Crippen molar-refractivity contribution < 1.29 is 0 Å². The van der Waals surface area contributed by atoms with E-state index in [9.17, 15) is 0 Å². The molecular formula is C10H11ClN4. The van der Waals surface area contributed by atoms with Crippen molar-refractivity contribution in [1.29, 1.82) is 0 Å². The number of hydrogen-bond acceptors (Lipinski definition) is 3. The molecule has 0 saturated carbocycles. The molecule has 0 aliphatic rings. The molecule has 0 radical (unpaired) electrons. The normalized spacial score (nSPS) is 10.5. The van der Waals surface area contributed by atoms with Crippen LogP contribution in [0.5, 0.6) is 0 Å². The summed E-state index contributed by atoms with van der Waals surface area (Å²) < 4.78 is 1.62. The lowest BCUT2D eigenvalue weighted by Gasteiger charge is -1.99. The van der Waals surface area contributed by atoms with Gasteiger partial charge in [-0.25, -0.2) is 14.6 Å². The van der Waals surface area contributed by atoms with E-state index in [1.54, 1.807) is 16.9 Å². The van der Waals surface area contributed by atoms with Gasteiger partial charge in [0, 0.05) is 12.3 Å². The Kier molecular flexibility index (Phi) is 2.97. The summed E-state index contributed by atoms with van der Waals surface area (Å²) in [5.74, 6) is 0.692. The lowest BCUT2D eigenvalue weighted by Crippen LogP contribution is -2.00. The largest absolute Gasteiger partial charge is 0.245 e. The van der Waals surface area contributed by atoms with Gasteiger partial charge in [0.15, 0.2) is 5.82 Å². The van der Waals surface area contributed by atoms with E-state index in [0.29, 0.717) is 11.0 Å². The Morgan fingerprint density at radius 1 is 1.47 bits per heavy atom. The van der Waals surface area contributed by atoms with E-state index in [2.05, 4.69) is 22.0 Å². The second kappa shape index (κ2) is 4.40. The van der Waals surface area contributed by atoms with Crippen LogP contribution in [0.25, 0.3) is 5.82 Å². The second-order valence-electron chi connectivity index (χ2n) is 3.19. The molecule has 0 fully saturated rings. The van der Waals surface area contributed by atoms with Gasteiger partial charge in [0.1, 0.15) is 11.5 Å². The number of nitrogens with zero attached hydrogens (tertiary/aromatic N) is 4. The van der Waals surface area contributed by atoms with Crippen LogP contribution in [0.4, 0.5) is 0 Å². The first kappa shape index (κ1) is 10.1. The third-order valence-corrected chi connectivity index (χ3v) is 2.28. The standard InChI is InChI=1S/C10H11ClN4/c1-2-3-8-6-9(11)15(14-8)10-4-5-12-7-13-10/h4-7H,2-3H2,1H3. The van der Waals surface area contributed by atoms with Crippen molar-refractivity contribution in [3.8, 4) is 5.82 Å². The van der Waals surface area contributed by atoms with Gasteiger partial charge in [-0.3, -0.25) is 0 Å². The summed E-state index contributed by atoms with van der Waals surface area (Å²) in [6.45, 7) is 2.11. The van der Waals surface area contributed by atoms with E-state index in [1.165, 1.54) is 6.33 Å². The average molecular weight is 223 g/mol. The molecule has 2 aromatic heterocycles. The highest BCUT2D eigenvalue weighted by atomic mass is 35.5. The van der Waals surface area contributed by atoms with Crippen LogP contribution in [0.2, 0.25) is 5.15 Å². The van der Waals surface area contributed by atoms with Gasteiger partial charge in [-0.2, -0.15) is 5.10 Å². The zero-order chi connectivity index (χ0) is 10.7. The van der Waals surface area contributed by atoms with Crippen molar-refractivity contribution in [3.05, 3.63) is 35.5 Å². The predicted molar refractivity (Wildman–Crippen MR) is 58.2 cm³/mol. The number of rotatable bonds is 3. The molecule has 2 heterocycles. The molecule has 0 N–H and O–H groups in total. The molecule has 0 spiro atoms. The minimum absolute atomic E-state index is 0.581. The summed E-state index contributed by atoms with van der Waals surface area (Å²) in [5.41, 5.74) is 0.987. The molecule has 0 aliphatic carbocycles. The van der Waals surface area contributed by atoms with Gasteiger partial charge in [-0.1, -0.05) is 24.9 Å². The van der Waals surface area contributed by atoms with Gasteiger partial charge in [0.25, 0.3) is 0 Å². The summed E-state index contributed by atoms with van der Waals surface area (Å²) in [5, 5.41) is 4.94. The second-order valence-corrected chi connectivity index (χ2v) is 3.58. The minimum Gasteiger partial charge on any atom is -0.245 e. The van der Waals surface area contributed by atoms with Crippen LogP contribution in [0.15, 0.2) is 24.7 Å². The van der Waals surface area contributed by atoms with E-state index in [1.807, 2.05) is 6.07 Å². The van der Waals surface area contributed by atoms with Crippen LogP contribution < -0.4 is 0 Å². The average Bonchev–Trinajstić information content (AvgIpc) is 2.61. The van der Waals surface area contributed by atoms with Gasteiger partial charge in [0.05, 0.1) is 5.69 Å². The summed E-state index contributed by atoms with van der Waals surface area (Å²) in [6, 6.07) is 3.64. The molecule has 78 valence electrons. The summed E-state index contributed by atoms with van der Waals surface area (Å²) in [7, 11) is 0. The Balaban J connectivity index is 2.36. The lowest BCUT2D eigenvalue weighted by molar-refractivity contribution is 0.787. The number of halogens is 1. The fraction of sp³-hybridized carbons (Fsp3) is 0.300. The van der Waals surface area contributed by atoms with E-state index in [-0.39, 0.29) is 0 Å². The van der Waals surface area contributed by atoms with Crippen molar-refractivity contribution >= 4 is 11.6 Å². The Morgan fingerprint density at radius 2 is 2.33 bits per heavy atom. The van der Waals surface area contributed by atoms with E-state index in [0.717, 1.165) is 18.5 Å². The highest BCUT2D eigenvalue weighted by Crippen LogP contribution is 2.15. The number of hydrogen-bond donors (Lipinski definition) is 0. The summed E-state index contributed by atoms with van der Waals surface area (Å²) >= 11 is 6.06. The number of aromatic nitrogens is 4. The summed E-state index contributed by atoms with van der Waals surface area (Å²) in [4.78, 5) is 7.94. The molecule has 2 rings (SSSR count). The third kappa shape index (κ3) is 2.15. The van der Waals surface area contributed by atoms with Crippen molar-refractivity contribution in [2.24, 2.45) is 0 Å². The molecule has 0 aliphatic heterocycles. The third-order valence-electron chi connectivity index (χ3n) is 2.01. The topological polar surface area (TPSA) is 43.6 Å². The Morgan fingerprint density at radius 3 is 3.00 bits per heavy atom. The molecule has 0 unspecified atom stereocenters. The quantitative estimate of drug-likeness (QED) is 0.800. The summed E-state index contributed by atoms with van der Waals surface area (Å²) in [6.07, 6.45) is 5.13. The molecule has 0 aromatic carbocycles. The lowest BCUT2D eigenvalue weighted by atomic mass is 10.3. The Labute approximate surface area is 92.9 Å². The zero-order valence-corrected chi connectivity index (χ0v) is 9.15. The van der Waals surface area contributed by atoms with Crippen molar-refractivity contribution in [1.82, 2.24) is 19.7 Å². The minimum atomic E-state index is 0.581. The Bertz CT molecular complexity index is 438. The zero-order valence-electron chi connectivity index (χ0n) is 8.39. The van der Waals surface area contributed by atoms with Crippen molar-refractivity contribution in [3.63, 3.8) is 0 Å². The van der Waals surface area contributed by atoms with Gasteiger partial charge in [-0.05, 0) is 12.5 Å². The van der Waals surface area contributed by atoms with Gasteiger partial charge < -0.3 is 0 Å². The van der Waals surface area contributed by atoms with E-state index < -0.39 is 0 Å². The first-order chi connectivity index (χ1) is 7.31. The van der Waals surface area contributed by atoms with E-state index in [4.69, 9.17) is 11.6 Å². The molecular weight excluding hydrogens is 212 g/mol. The highest BCUT2D eigenvalue weighted by Gasteiger charge is 2.07. The molecule has 0 amide bonds. The van der Waals surface area contributed by atoms with Gasteiger partial charge in [0.2, 0.25) is 0 Å². The van der Waals surface area contributed by atoms with Crippen LogP contribution in [0.1, 0.15) is 19.0 Å². The molecule has 5 heteroatoms. The maximum Gasteiger partial charge on any atom is 0.158 e. The van der Waals surface area contributed by atoms with Crippen LogP contribution in [0, 0.1) is 0 Å². The van der Waals surface area contributed by atoms with Crippen LogP contribution >= 0.6 is 11.6 Å². The maximum atomic E-state index is 6.06. The molecule has 0 atom stereocenters. The van der Waals surface area contributed by atoms with Crippen LogP contribution in [0.3, 0.4) is 0 Å². The molecule has 15 heavy (non-hydrogen) atoms.